The average Bonchev–Trinajstić information content (AvgIpc) is 2.65. The van der Waals surface area contributed by atoms with Crippen molar-refractivity contribution >= 4 is 37.5 Å². The van der Waals surface area contributed by atoms with Gasteiger partial charge in [-0.25, -0.2) is 8.42 Å². The Bertz CT molecular complexity index is 976. The second-order valence-electron chi connectivity index (χ2n) is 6.79. The van der Waals surface area contributed by atoms with E-state index in [1.807, 2.05) is 19.9 Å². The first-order valence-electron chi connectivity index (χ1n) is 9.10. The number of fused-ring (bicyclic) bond motifs is 3. The molecule has 0 fully saturated rings. The normalized spacial score (nSPS) is 14.5. The summed E-state index contributed by atoms with van der Waals surface area (Å²) in [4.78, 5) is 12.6. The highest BCUT2D eigenvalue weighted by Gasteiger charge is 2.35. The molecule has 6 nitrogen and oxygen atoms in total. The van der Waals surface area contributed by atoms with Gasteiger partial charge in [-0.05, 0) is 44.5 Å². The molecule has 0 bridgehead atoms. The van der Waals surface area contributed by atoms with Crippen molar-refractivity contribution in [3.63, 3.8) is 0 Å². The van der Waals surface area contributed by atoms with Crippen LogP contribution in [0.1, 0.15) is 20.3 Å². The van der Waals surface area contributed by atoms with E-state index >= 15 is 0 Å². The lowest BCUT2D eigenvalue weighted by atomic mass is 10.0. The molecular formula is C20H23BrN2O4S. The Kier molecular flexibility index (Phi) is 6.42. The van der Waals surface area contributed by atoms with Crippen LogP contribution < -0.4 is 9.62 Å². The second-order valence-corrected chi connectivity index (χ2v) is 9.54. The molecule has 0 atom stereocenters. The third kappa shape index (κ3) is 4.39. The topological polar surface area (TPSA) is 75.7 Å². The van der Waals surface area contributed by atoms with Crippen molar-refractivity contribution < 1.29 is 17.9 Å². The number of hydrogen-bond donors (Lipinski definition) is 1. The van der Waals surface area contributed by atoms with Gasteiger partial charge in [0.2, 0.25) is 5.91 Å². The van der Waals surface area contributed by atoms with Crippen LogP contribution in [0.25, 0.3) is 11.1 Å². The molecule has 1 aliphatic heterocycles. The summed E-state index contributed by atoms with van der Waals surface area (Å²) >= 11 is 3.44. The summed E-state index contributed by atoms with van der Waals surface area (Å²) in [5, 5.41) is 2.77. The lowest BCUT2D eigenvalue weighted by molar-refractivity contribution is -0.119. The summed E-state index contributed by atoms with van der Waals surface area (Å²) in [6.45, 7) is 4.62. The van der Waals surface area contributed by atoms with E-state index in [2.05, 4.69) is 21.2 Å². The zero-order valence-corrected chi connectivity index (χ0v) is 18.2. The largest absolute Gasteiger partial charge is 0.379 e. The fraction of sp³-hybridized carbons (Fsp3) is 0.350. The van der Waals surface area contributed by atoms with Gasteiger partial charge in [-0.3, -0.25) is 9.10 Å². The molecule has 1 amide bonds. The Hall–Kier alpha value is -1.90. The number of hydrogen-bond acceptors (Lipinski definition) is 4. The van der Waals surface area contributed by atoms with Crippen LogP contribution in [-0.2, 0) is 19.6 Å². The summed E-state index contributed by atoms with van der Waals surface area (Å²) < 4.78 is 33.8. The monoisotopic (exact) mass is 466 g/mol. The number of nitrogens with one attached hydrogen (secondary N) is 1. The van der Waals surface area contributed by atoms with Crippen LogP contribution >= 0.6 is 15.9 Å². The molecule has 0 aliphatic carbocycles. The van der Waals surface area contributed by atoms with E-state index in [0.717, 1.165) is 10.0 Å². The Morgan fingerprint density at radius 3 is 2.68 bits per heavy atom. The van der Waals surface area contributed by atoms with E-state index in [9.17, 15) is 13.2 Å². The molecule has 1 aliphatic rings. The van der Waals surface area contributed by atoms with Gasteiger partial charge in [-0.1, -0.05) is 34.1 Å². The predicted octanol–water partition coefficient (Wildman–Crippen LogP) is 3.56. The molecule has 3 rings (SSSR count). The molecule has 2 aromatic rings. The Morgan fingerprint density at radius 1 is 1.18 bits per heavy atom. The minimum Gasteiger partial charge on any atom is -0.379 e. The lowest BCUT2D eigenvalue weighted by Gasteiger charge is -2.31. The number of ether oxygens (including phenoxy) is 1. The lowest BCUT2D eigenvalue weighted by Crippen LogP contribution is -2.42. The quantitative estimate of drug-likeness (QED) is 0.632. The van der Waals surface area contributed by atoms with Gasteiger partial charge in [-0.15, -0.1) is 0 Å². The molecule has 0 spiro atoms. The first-order chi connectivity index (χ1) is 13.3. The zero-order chi connectivity index (χ0) is 20.3. The minimum absolute atomic E-state index is 0.144. The fourth-order valence-electron chi connectivity index (χ4n) is 3.08. The highest BCUT2D eigenvalue weighted by Crippen LogP contribution is 2.43. The van der Waals surface area contributed by atoms with E-state index in [-0.39, 0.29) is 23.5 Å². The summed E-state index contributed by atoms with van der Waals surface area (Å²) in [6.07, 6.45) is 0.813. The number of anilines is 1. The minimum atomic E-state index is -3.82. The number of sulfonamides is 1. The molecule has 1 heterocycles. The number of nitrogens with zero attached hydrogens (tertiary/aromatic N) is 1. The zero-order valence-electron chi connectivity index (χ0n) is 15.8. The second kappa shape index (κ2) is 8.63. The van der Waals surface area contributed by atoms with E-state index < -0.39 is 10.0 Å². The van der Waals surface area contributed by atoms with Crippen LogP contribution in [0.2, 0.25) is 0 Å². The molecule has 2 aromatic carbocycles. The third-order valence-electron chi connectivity index (χ3n) is 4.35. The molecule has 0 radical (unpaired) electrons. The van der Waals surface area contributed by atoms with E-state index in [4.69, 9.17) is 4.74 Å². The summed E-state index contributed by atoms with van der Waals surface area (Å²) in [5.74, 6) is -0.346. The predicted molar refractivity (Wildman–Crippen MR) is 113 cm³/mol. The Morgan fingerprint density at radius 2 is 1.93 bits per heavy atom. The number of amides is 1. The van der Waals surface area contributed by atoms with Crippen molar-refractivity contribution in [2.75, 3.05) is 24.0 Å². The van der Waals surface area contributed by atoms with Crippen LogP contribution in [0.3, 0.4) is 0 Å². The standard InChI is InChI=1S/C20H23BrN2O4S/c1-14(2)27-11-5-10-22-20(24)13-23-18-9-8-15(21)12-17(18)16-6-3-4-7-19(16)28(23,25)26/h3-4,6-9,12,14H,5,10-11,13H2,1-2H3,(H,22,24). The average molecular weight is 467 g/mol. The first-order valence-corrected chi connectivity index (χ1v) is 11.3. The Balaban J connectivity index is 1.81. The number of rotatable bonds is 7. The molecule has 8 heteroatoms. The van der Waals surface area contributed by atoms with Gasteiger partial charge >= 0.3 is 0 Å². The summed E-state index contributed by atoms with van der Waals surface area (Å²) in [6, 6.07) is 12.2. The van der Waals surface area contributed by atoms with Crippen LogP contribution in [0.15, 0.2) is 51.8 Å². The van der Waals surface area contributed by atoms with E-state index in [0.29, 0.717) is 30.8 Å². The highest BCUT2D eigenvalue weighted by molar-refractivity contribution is 9.10. The van der Waals surface area contributed by atoms with Gasteiger partial charge in [0.1, 0.15) is 6.54 Å². The van der Waals surface area contributed by atoms with E-state index in [1.165, 1.54) is 4.31 Å². The summed E-state index contributed by atoms with van der Waals surface area (Å²) in [7, 11) is -3.82. The molecule has 150 valence electrons. The van der Waals surface area contributed by atoms with Crippen LogP contribution in [0, 0.1) is 0 Å². The molecular weight excluding hydrogens is 444 g/mol. The Labute approximate surface area is 174 Å². The van der Waals surface area contributed by atoms with Crippen LogP contribution in [-0.4, -0.2) is 40.1 Å². The van der Waals surface area contributed by atoms with Gasteiger partial charge in [0, 0.05) is 28.8 Å². The maximum absolute atomic E-state index is 13.2. The summed E-state index contributed by atoms with van der Waals surface area (Å²) in [5.41, 5.74) is 1.92. The van der Waals surface area contributed by atoms with Crippen molar-refractivity contribution in [1.29, 1.82) is 0 Å². The van der Waals surface area contributed by atoms with Crippen molar-refractivity contribution in [3.8, 4) is 11.1 Å². The van der Waals surface area contributed by atoms with Crippen molar-refractivity contribution in [2.45, 2.75) is 31.3 Å². The molecule has 0 saturated carbocycles. The molecule has 1 N–H and O–H groups in total. The van der Waals surface area contributed by atoms with Gasteiger partial charge < -0.3 is 10.1 Å². The van der Waals surface area contributed by atoms with Crippen LogP contribution in [0.4, 0.5) is 5.69 Å². The molecule has 0 aromatic heterocycles. The number of halogens is 1. The van der Waals surface area contributed by atoms with Crippen molar-refractivity contribution in [1.82, 2.24) is 5.32 Å². The smallest absolute Gasteiger partial charge is 0.265 e. The molecule has 28 heavy (non-hydrogen) atoms. The van der Waals surface area contributed by atoms with Crippen molar-refractivity contribution in [3.05, 3.63) is 46.9 Å². The van der Waals surface area contributed by atoms with Gasteiger partial charge in [0.05, 0.1) is 16.7 Å². The van der Waals surface area contributed by atoms with Crippen molar-refractivity contribution in [2.24, 2.45) is 0 Å². The van der Waals surface area contributed by atoms with Gasteiger partial charge in [-0.2, -0.15) is 0 Å². The fourth-order valence-corrected chi connectivity index (χ4v) is 5.09. The third-order valence-corrected chi connectivity index (χ3v) is 6.67. The van der Waals surface area contributed by atoms with E-state index in [1.54, 1.807) is 36.4 Å². The molecule has 0 saturated heterocycles. The number of carbonyl (C=O) groups is 1. The van der Waals surface area contributed by atoms with Crippen LogP contribution in [0.5, 0.6) is 0 Å². The maximum atomic E-state index is 13.2. The maximum Gasteiger partial charge on any atom is 0.265 e. The highest BCUT2D eigenvalue weighted by atomic mass is 79.9. The number of benzene rings is 2. The number of carbonyl (C=O) groups excluding carboxylic acids is 1. The van der Waals surface area contributed by atoms with Gasteiger partial charge in [0.15, 0.2) is 0 Å². The first kappa shape index (κ1) is 20.8. The van der Waals surface area contributed by atoms with Gasteiger partial charge in [0.25, 0.3) is 10.0 Å². The molecule has 0 unspecified atom stereocenters. The SMILES string of the molecule is CC(C)OCCCNC(=O)CN1c2ccc(Br)cc2-c2ccccc2S1(=O)=O.